The molecular formula is C16H14F7NO8S2. The molecule has 1 aromatic carbocycles. The highest BCUT2D eigenvalue weighted by atomic mass is 32.3. The third kappa shape index (κ3) is 7.66. The van der Waals surface area contributed by atoms with Crippen molar-refractivity contribution in [3.8, 4) is 0 Å². The van der Waals surface area contributed by atoms with Crippen molar-refractivity contribution in [3.63, 3.8) is 0 Å². The Bertz CT molecular complexity index is 1120. The predicted molar refractivity (Wildman–Crippen MR) is 97.9 cm³/mol. The van der Waals surface area contributed by atoms with Crippen molar-refractivity contribution >= 4 is 32.0 Å². The molecule has 0 aliphatic heterocycles. The van der Waals surface area contributed by atoms with Crippen LogP contribution >= 0.6 is 0 Å². The molecule has 0 aliphatic rings. The number of hydrogen-bond donors (Lipinski definition) is 1. The minimum atomic E-state index is -7.12. The lowest BCUT2D eigenvalue weighted by molar-refractivity contribution is -0.171. The van der Waals surface area contributed by atoms with Crippen LogP contribution in [0.15, 0.2) is 42.5 Å². The molecule has 34 heavy (non-hydrogen) atoms. The summed E-state index contributed by atoms with van der Waals surface area (Å²) in [5, 5.41) is -6.36. The average molecular weight is 545 g/mol. The van der Waals surface area contributed by atoms with Crippen LogP contribution in [0.4, 0.5) is 30.7 Å². The van der Waals surface area contributed by atoms with Gasteiger partial charge in [-0.05, 0) is 5.56 Å². The monoisotopic (exact) mass is 545 g/mol. The quantitative estimate of drug-likeness (QED) is 0.254. The number of rotatable bonds is 11. The molecule has 0 aromatic heterocycles. The number of halogens is 7. The van der Waals surface area contributed by atoms with Gasteiger partial charge in [-0.3, -0.25) is 0 Å². The fourth-order valence-corrected chi connectivity index (χ4v) is 4.27. The molecule has 0 saturated carbocycles. The van der Waals surface area contributed by atoms with Gasteiger partial charge in [0.15, 0.2) is 0 Å². The molecule has 192 valence electrons. The number of sulfonamides is 2. The first-order valence-electron chi connectivity index (χ1n) is 8.48. The molecule has 0 radical (unpaired) electrons. The van der Waals surface area contributed by atoms with Gasteiger partial charge >= 0.3 is 38.6 Å². The van der Waals surface area contributed by atoms with Crippen LogP contribution in [-0.2, 0) is 45.7 Å². The Balaban J connectivity index is 2.67. The SMILES string of the molecule is O=C(/C=C\C(=O)OCc1ccccc1)OCCC(F)(F)C(F)(F)S(=O)(=O)NS(=O)(=O)C(F)(F)F. The van der Waals surface area contributed by atoms with Crippen LogP contribution in [0.2, 0.25) is 0 Å². The van der Waals surface area contributed by atoms with Crippen LogP contribution in [0.3, 0.4) is 0 Å². The van der Waals surface area contributed by atoms with Crippen molar-refractivity contribution in [2.24, 2.45) is 0 Å². The van der Waals surface area contributed by atoms with E-state index in [-0.39, 0.29) is 6.61 Å². The maximum atomic E-state index is 13.7. The summed E-state index contributed by atoms with van der Waals surface area (Å²) >= 11 is 0. The van der Waals surface area contributed by atoms with Gasteiger partial charge < -0.3 is 9.47 Å². The smallest absolute Gasteiger partial charge is 0.462 e. The number of nitrogens with one attached hydrogen (secondary N) is 1. The summed E-state index contributed by atoms with van der Waals surface area (Å²) in [5.74, 6) is -8.27. The fraction of sp³-hybridized carbons (Fsp3) is 0.375. The van der Waals surface area contributed by atoms with E-state index in [1.807, 2.05) is 0 Å². The van der Waals surface area contributed by atoms with Crippen LogP contribution in [-0.4, -0.2) is 52.1 Å². The molecule has 0 amide bonds. The zero-order valence-electron chi connectivity index (χ0n) is 16.4. The molecule has 0 bridgehead atoms. The third-order valence-electron chi connectivity index (χ3n) is 3.53. The molecule has 0 saturated heterocycles. The normalized spacial score (nSPS) is 13.6. The van der Waals surface area contributed by atoms with Gasteiger partial charge in [-0.15, -0.1) is 0 Å². The third-order valence-corrected chi connectivity index (χ3v) is 6.87. The van der Waals surface area contributed by atoms with E-state index in [1.54, 1.807) is 30.3 Å². The lowest BCUT2D eigenvalue weighted by atomic mass is 10.2. The Kier molecular flexibility index (Phi) is 9.21. The van der Waals surface area contributed by atoms with Gasteiger partial charge in [0, 0.05) is 12.2 Å². The van der Waals surface area contributed by atoms with Gasteiger partial charge in [-0.25, -0.2) is 26.4 Å². The molecule has 0 unspecified atom stereocenters. The number of esters is 2. The van der Waals surface area contributed by atoms with E-state index in [0.717, 1.165) is 0 Å². The van der Waals surface area contributed by atoms with Crippen molar-refractivity contribution in [3.05, 3.63) is 48.0 Å². The number of ether oxygens (including phenoxy) is 2. The minimum absolute atomic E-state index is 0.188. The van der Waals surface area contributed by atoms with Crippen molar-refractivity contribution in [1.82, 2.24) is 4.13 Å². The first-order chi connectivity index (χ1) is 15.3. The lowest BCUT2D eigenvalue weighted by Gasteiger charge is -2.26. The van der Waals surface area contributed by atoms with Gasteiger partial charge in [0.05, 0.1) is 13.0 Å². The van der Waals surface area contributed by atoms with E-state index in [2.05, 4.69) is 4.74 Å². The van der Waals surface area contributed by atoms with E-state index in [9.17, 15) is 57.2 Å². The zero-order valence-corrected chi connectivity index (χ0v) is 18.0. The molecule has 18 heteroatoms. The van der Waals surface area contributed by atoms with E-state index in [4.69, 9.17) is 4.74 Å². The van der Waals surface area contributed by atoms with Crippen molar-refractivity contribution in [2.45, 2.75) is 29.7 Å². The molecule has 0 aliphatic carbocycles. The van der Waals surface area contributed by atoms with Crippen LogP contribution in [0.25, 0.3) is 0 Å². The summed E-state index contributed by atoms with van der Waals surface area (Å²) in [7, 11) is -14.1. The summed E-state index contributed by atoms with van der Waals surface area (Å²) in [5.41, 5.74) is -5.81. The Morgan fingerprint density at radius 3 is 1.82 bits per heavy atom. The summed E-state index contributed by atoms with van der Waals surface area (Å²) in [6.07, 6.45) is -1.36. The highest BCUT2D eigenvalue weighted by Gasteiger charge is 2.67. The van der Waals surface area contributed by atoms with Crippen molar-refractivity contribution in [1.29, 1.82) is 0 Å². The second kappa shape index (κ2) is 10.7. The lowest BCUT2D eigenvalue weighted by Crippen LogP contribution is -2.55. The highest BCUT2D eigenvalue weighted by Crippen LogP contribution is 2.41. The van der Waals surface area contributed by atoms with E-state index >= 15 is 0 Å². The number of alkyl halides is 7. The largest absolute Gasteiger partial charge is 0.512 e. The number of benzene rings is 1. The highest BCUT2D eigenvalue weighted by molar-refractivity contribution is 8.05. The predicted octanol–water partition coefficient (Wildman–Crippen LogP) is 2.22. The first-order valence-corrected chi connectivity index (χ1v) is 11.4. The number of carbonyl (C=O) groups is 2. The van der Waals surface area contributed by atoms with Gasteiger partial charge in [0.2, 0.25) is 0 Å². The Morgan fingerprint density at radius 2 is 1.32 bits per heavy atom. The van der Waals surface area contributed by atoms with Gasteiger partial charge in [-0.2, -0.15) is 30.7 Å². The summed E-state index contributed by atoms with van der Waals surface area (Å²) in [6.45, 7) is -1.78. The van der Waals surface area contributed by atoms with E-state index < -0.39 is 65.8 Å². The Morgan fingerprint density at radius 1 is 0.824 bits per heavy atom. The molecule has 1 aromatic rings. The molecule has 1 rings (SSSR count). The maximum Gasteiger partial charge on any atom is 0.512 e. The molecule has 0 heterocycles. The second-order valence-electron chi connectivity index (χ2n) is 6.10. The standard InChI is InChI=1S/C16H14F7NO8S2/c17-14(18,15(19,20)33(27,28)24-34(29,30)16(21,22)23)8-9-31-12(25)6-7-13(26)32-10-11-4-2-1-3-5-11/h1-7,24H,8-10H2/b7-6-. The summed E-state index contributed by atoms with van der Waals surface area (Å²) < 4.78 is 143. The molecule has 0 fully saturated rings. The van der Waals surface area contributed by atoms with Crippen molar-refractivity contribution < 1.29 is 66.6 Å². The van der Waals surface area contributed by atoms with Crippen molar-refractivity contribution in [2.75, 3.05) is 6.61 Å². The molecule has 1 N–H and O–H groups in total. The molecule has 0 atom stereocenters. The fourth-order valence-electron chi connectivity index (χ4n) is 1.83. The van der Waals surface area contributed by atoms with Gasteiger partial charge in [-0.1, -0.05) is 34.5 Å². The first kappa shape index (κ1) is 29.3. The zero-order chi connectivity index (χ0) is 26.4. The molecule has 0 spiro atoms. The van der Waals surface area contributed by atoms with Crippen LogP contribution in [0, 0.1) is 0 Å². The summed E-state index contributed by atoms with van der Waals surface area (Å²) in [6, 6.07) is 8.19. The van der Waals surface area contributed by atoms with Gasteiger partial charge in [0.25, 0.3) is 10.0 Å². The van der Waals surface area contributed by atoms with E-state index in [1.165, 1.54) is 0 Å². The number of carbonyl (C=O) groups excluding carboxylic acids is 2. The maximum absolute atomic E-state index is 13.7. The Labute approximate surface area is 187 Å². The second-order valence-corrected chi connectivity index (χ2v) is 9.76. The van der Waals surface area contributed by atoms with Crippen LogP contribution < -0.4 is 4.13 Å². The van der Waals surface area contributed by atoms with Gasteiger partial charge in [0.1, 0.15) is 6.61 Å². The number of hydrogen-bond acceptors (Lipinski definition) is 8. The summed E-state index contributed by atoms with van der Waals surface area (Å²) in [4.78, 5) is 22.8. The van der Waals surface area contributed by atoms with Crippen LogP contribution in [0.1, 0.15) is 12.0 Å². The average Bonchev–Trinajstić information content (AvgIpc) is 2.69. The van der Waals surface area contributed by atoms with Crippen LogP contribution in [0.5, 0.6) is 0 Å². The Hall–Kier alpha value is -2.73. The topological polar surface area (TPSA) is 133 Å². The molecular weight excluding hydrogens is 531 g/mol. The molecule has 9 nitrogen and oxygen atoms in total. The van der Waals surface area contributed by atoms with E-state index in [0.29, 0.717) is 17.7 Å². The minimum Gasteiger partial charge on any atom is -0.462 e.